The van der Waals surface area contributed by atoms with E-state index in [2.05, 4.69) is 6.92 Å². The van der Waals surface area contributed by atoms with Crippen molar-refractivity contribution in [2.45, 2.75) is 45.4 Å². The van der Waals surface area contributed by atoms with Crippen LogP contribution >= 0.6 is 0 Å². The van der Waals surface area contributed by atoms with Crippen LogP contribution in [0.3, 0.4) is 0 Å². The topological polar surface area (TPSA) is 26.3 Å². The fraction of sp³-hybridized carbons (Fsp3) is 0.588. The molecule has 0 heterocycles. The molecule has 2 unspecified atom stereocenters. The van der Waals surface area contributed by atoms with Crippen LogP contribution in [-0.4, -0.2) is 12.9 Å². The van der Waals surface area contributed by atoms with Gasteiger partial charge in [-0.2, -0.15) is 0 Å². The third-order valence-corrected chi connectivity index (χ3v) is 4.63. The Hall–Kier alpha value is -1.38. The van der Waals surface area contributed by atoms with E-state index < -0.39 is 5.41 Å². The highest BCUT2D eigenvalue weighted by molar-refractivity contribution is 5.83. The summed E-state index contributed by atoms with van der Waals surface area (Å²) in [4.78, 5) is 12.3. The van der Waals surface area contributed by atoms with E-state index in [1.54, 1.807) is 12.1 Å². The van der Waals surface area contributed by atoms with Gasteiger partial charge in [-0.3, -0.25) is 4.79 Å². The second kappa shape index (κ2) is 5.55. The summed E-state index contributed by atoms with van der Waals surface area (Å²) in [7, 11) is 1.52. The molecule has 0 bridgehead atoms. The van der Waals surface area contributed by atoms with E-state index in [1.807, 2.05) is 13.8 Å². The Labute approximate surface area is 120 Å². The smallest absolute Gasteiger partial charge is 0.137 e. The third kappa shape index (κ3) is 2.72. The zero-order chi connectivity index (χ0) is 14.9. The molecule has 0 N–H and O–H groups in total. The lowest BCUT2D eigenvalue weighted by molar-refractivity contribution is -0.128. The molecule has 0 aliphatic heterocycles. The monoisotopic (exact) mass is 278 g/mol. The summed E-state index contributed by atoms with van der Waals surface area (Å²) >= 11 is 0. The maximum atomic E-state index is 14.3. The number of rotatable bonds is 3. The highest BCUT2D eigenvalue weighted by Gasteiger charge is 2.40. The molecule has 0 amide bonds. The molecule has 1 aromatic rings. The number of ketones is 1. The standard InChI is InChI=1S/C17H23FO2/c1-11-5-7-14(16(19)9-11)17(2,3)13-8-6-12(20-4)10-15(13)18/h6,8,10-11,14H,5,7,9H2,1-4H3. The number of hydrogen-bond donors (Lipinski definition) is 0. The van der Waals surface area contributed by atoms with Crippen molar-refractivity contribution < 1.29 is 13.9 Å². The number of ether oxygens (including phenoxy) is 1. The predicted octanol–water partition coefficient (Wildman–Crippen LogP) is 4.12. The van der Waals surface area contributed by atoms with E-state index in [4.69, 9.17) is 4.74 Å². The predicted molar refractivity (Wildman–Crippen MR) is 77.5 cm³/mol. The molecule has 2 atom stereocenters. The van der Waals surface area contributed by atoms with Gasteiger partial charge in [0, 0.05) is 23.8 Å². The van der Waals surface area contributed by atoms with Gasteiger partial charge in [-0.25, -0.2) is 4.39 Å². The summed E-state index contributed by atoms with van der Waals surface area (Å²) in [5.41, 5.74) is 0.124. The molecule has 0 saturated heterocycles. The Morgan fingerprint density at radius 1 is 1.30 bits per heavy atom. The molecule has 1 aliphatic rings. The van der Waals surface area contributed by atoms with Crippen LogP contribution in [0.25, 0.3) is 0 Å². The van der Waals surface area contributed by atoms with Gasteiger partial charge in [0.25, 0.3) is 0 Å². The van der Waals surface area contributed by atoms with Crippen LogP contribution in [0.5, 0.6) is 5.75 Å². The van der Waals surface area contributed by atoms with Crippen molar-refractivity contribution in [3.8, 4) is 5.75 Å². The number of methoxy groups -OCH3 is 1. The van der Waals surface area contributed by atoms with Crippen molar-refractivity contribution in [3.05, 3.63) is 29.6 Å². The Bertz CT molecular complexity index is 508. The average Bonchev–Trinajstić information content (AvgIpc) is 2.37. The number of benzene rings is 1. The molecule has 3 heteroatoms. The first-order valence-corrected chi connectivity index (χ1v) is 7.23. The second-order valence-corrected chi connectivity index (χ2v) is 6.47. The quantitative estimate of drug-likeness (QED) is 0.831. The third-order valence-electron chi connectivity index (χ3n) is 4.63. The summed E-state index contributed by atoms with van der Waals surface area (Å²) in [6, 6.07) is 4.91. The second-order valence-electron chi connectivity index (χ2n) is 6.47. The number of carbonyl (C=O) groups excluding carboxylic acids is 1. The van der Waals surface area contributed by atoms with Gasteiger partial charge in [-0.05, 0) is 30.4 Å². The van der Waals surface area contributed by atoms with Gasteiger partial charge in [0.15, 0.2) is 0 Å². The summed E-state index contributed by atoms with van der Waals surface area (Å²) in [6.45, 7) is 6.04. The molecule has 0 radical (unpaired) electrons. The lowest BCUT2D eigenvalue weighted by Crippen LogP contribution is -2.39. The number of Topliss-reactive ketones (excluding diaryl/α,β-unsaturated/α-hetero) is 1. The SMILES string of the molecule is COc1ccc(C(C)(C)C2CCC(C)CC2=O)c(F)c1. The lowest BCUT2D eigenvalue weighted by Gasteiger charge is -2.38. The van der Waals surface area contributed by atoms with Gasteiger partial charge in [-0.15, -0.1) is 0 Å². The zero-order valence-electron chi connectivity index (χ0n) is 12.7. The zero-order valence-corrected chi connectivity index (χ0v) is 12.7. The van der Waals surface area contributed by atoms with Crippen LogP contribution in [0.2, 0.25) is 0 Å². The summed E-state index contributed by atoms with van der Waals surface area (Å²) in [6.07, 6.45) is 2.50. The van der Waals surface area contributed by atoms with Crippen LogP contribution in [-0.2, 0) is 10.2 Å². The number of hydrogen-bond acceptors (Lipinski definition) is 2. The molecule has 110 valence electrons. The van der Waals surface area contributed by atoms with Crippen molar-refractivity contribution in [2.75, 3.05) is 7.11 Å². The fourth-order valence-corrected chi connectivity index (χ4v) is 3.30. The summed E-state index contributed by atoms with van der Waals surface area (Å²) in [5.74, 6) is 0.840. The minimum atomic E-state index is -0.479. The van der Waals surface area contributed by atoms with Gasteiger partial charge in [0.05, 0.1) is 7.11 Å². The largest absolute Gasteiger partial charge is 0.497 e. The molecule has 2 rings (SSSR count). The summed E-state index contributed by atoms with van der Waals surface area (Å²) in [5, 5.41) is 0. The van der Waals surface area contributed by atoms with Gasteiger partial charge in [-0.1, -0.05) is 26.8 Å². The van der Waals surface area contributed by atoms with Crippen molar-refractivity contribution in [1.82, 2.24) is 0 Å². The van der Waals surface area contributed by atoms with Gasteiger partial charge >= 0.3 is 0 Å². The normalized spacial score (nSPS) is 23.8. The van der Waals surface area contributed by atoms with E-state index in [1.165, 1.54) is 13.2 Å². The Morgan fingerprint density at radius 3 is 2.55 bits per heavy atom. The lowest BCUT2D eigenvalue weighted by atomic mass is 9.65. The van der Waals surface area contributed by atoms with Crippen LogP contribution < -0.4 is 4.74 Å². The van der Waals surface area contributed by atoms with Crippen molar-refractivity contribution in [1.29, 1.82) is 0 Å². The molecular formula is C17H23FO2. The molecule has 0 spiro atoms. The van der Waals surface area contributed by atoms with Gasteiger partial charge in [0.2, 0.25) is 0 Å². The van der Waals surface area contributed by atoms with E-state index in [0.717, 1.165) is 12.8 Å². The van der Waals surface area contributed by atoms with Crippen LogP contribution in [0.1, 0.15) is 45.6 Å². The molecule has 1 saturated carbocycles. The van der Waals surface area contributed by atoms with Gasteiger partial charge < -0.3 is 4.74 Å². The molecule has 1 fully saturated rings. The molecule has 0 aromatic heterocycles. The molecule has 2 nitrogen and oxygen atoms in total. The first-order chi connectivity index (χ1) is 9.36. The maximum Gasteiger partial charge on any atom is 0.137 e. The minimum absolute atomic E-state index is 0.0957. The van der Waals surface area contributed by atoms with Gasteiger partial charge in [0.1, 0.15) is 17.3 Å². The van der Waals surface area contributed by atoms with Crippen molar-refractivity contribution in [2.24, 2.45) is 11.8 Å². The van der Waals surface area contributed by atoms with E-state index >= 15 is 0 Å². The first-order valence-electron chi connectivity index (χ1n) is 7.23. The van der Waals surface area contributed by atoms with Crippen molar-refractivity contribution >= 4 is 5.78 Å². The van der Waals surface area contributed by atoms with E-state index in [-0.39, 0.29) is 17.5 Å². The van der Waals surface area contributed by atoms with Crippen LogP contribution in [0.4, 0.5) is 4.39 Å². The average molecular weight is 278 g/mol. The Kier molecular flexibility index (Phi) is 4.17. The summed E-state index contributed by atoms with van der Waals surface area (Å²) < 4.78 is 19.3. The first kappa shape index (κ1) is 15.0. The molecule has 1 aromatic carbocycles. The Morgan fingerprint density at radius 2 is 2.00 bits per heavy atom. The van der Waals surface area contributed by atoms with Crippen molar-refractivity contribution in [3.63, 3.8) is 0 Å². The van der Waals surface area contributed by atoms with E-state index in [9.17, 15) is 9.18 Å². The fourth-order valence-electron chi connectivity index (χ4n) is 3.30. The van der Waals surface area contributed by atoms with Crippen LogP contribution in [0.15, 0.2) is 18.2 Å². The molecule has 20 heavy (non-hydrogen) atoms. The Balaban J connectivity index is 2.32. The minimum Gasteiger partial charge on any atom is -0.497 e. The number of halogens is 1. The molecule has 1 aliphatic carbocycles. The number of carbonyl (C=O) groups is 1. The van der Waals surface area contributed by atoms with Crippen LogP contribution in [0, 0.1) is 17.7 Å². The maximum absolute atomic E-state index is 14.3. The molecular weight excluding hydrogens is 255 g/mol. The highest BCUT2D eigenvalue weighted by atomic mass is 19.1. The highest BCUT2D eigenvalue weighted by Crippen LogP contribution is 2.41. The van der Waals surface area contributed by atoms with E-state index in [0.29, 0.717) is 23.7 Å².